The summed E-state index contributed by atoms with van der Waals surface area (Å²) < 4.78 is 0. The molecule has 2 saturated heterocycles. The molecule has 2 nitrogen and oxygen atoms in total. The number of likely N-dealkylation sites (tertiary alicyclic amines) is 2. The van der Waals surface area contributed by atoms with E-state index < -0.39 is 0 Å². The molecule has 2 aliphatic heterocycles. The van der Waals surface area contributed by atoms with Gasteiger partial charge in [-0.3, -0.25) is 0 Å². The van der Waals surface area contributed by atoms with Crippen molar-refractivity contribution in [2.45, 2.75) is 73.3 Å². The van der Waals surface area contributed by atoms with Gasteiger partial charge >= 0.3 is 0 Å². The molecular weight excluding hydrogens is 268 g/mol. The molecule has 0 aliphatic carbocycles. The summed E-state index contributed by atoms with van der Waals surface area (Å²) in [6.45, 7) is 19.2. The maximum Gasteiger partial charge on any atom is 0.00387 e. The van der Waals surface area contributed by atoms with Gasteiger partial charge in [0.2, 0.25) is 0 Å². The zero-order valence-electron chi connectivity index (χ0n) is 16.4. The van der Waals surface area contributed by atoms with Gasteiger partial charge in [-0.15, -0.1) is 0 Å². The average Bonchev–Trinajstić information content (AvgIpc) is 2.98. The number of rotatable bonds is 5. The standard InChI is InChI=1S/C11H23N.C9H19N/c1-9(2)7-11-5-6-12(8-11)10(3)4;1-8(2)6-9-4-5-10(3)7-9/h9-11H,5-8H2,1-4H3;8-9H,4-7H2,1-3H3. The van der Waals surface area contributed by atoms with Crippen molar-refractivity contribution < 1.29 is 0 Å². The summed E-state index contributed by atoms with van der Waals surface area (Å²) in [5.74, 6) is 3.73. The van der Waals surface area contributed by atoms with Crippen LogP contribution in [-0.2, 0) is 0 Å². The molecule has 2 heteroatoms. The Balaban J connectivity index is 0.000000224. The molecule has 0 aromatic heterocycles. The molecule has 2 aliphatic rings. The highest BCUT2D eigenvalue weighted by atomic mass is 15.2. The number of nitrogens with zero attached hydrogens (tertiary/aromatic N) is 2. The summed E-state index contributed by atoms with van der Waals surface area (Å²) in [6.07, 6.45) is 5.69. The molecule has 2 heterocycles. The smallest absolute Gasteiger partial charge is 0.00387 e. The fourth-order valence-electron chi connectivity index (χ4n) is 4.08. The van der Waals surface area contributed by atoms with Gasteiger partial charge in [0.1, 0.15) is 0 Å². The Morgan fingerprint density at radius 3 is 1.64 bits per heavy atom. The summed E-state index contributed by atoms with van der Waals surface area (Å²) in [4.78, 5) is 5.04. The number of hydrogen-bond acceptors (Lipinski definition) is 2. The quantitative estimate of drug-likeness (QED) is 0.723. The second kappa shape index (κ2) is 9.93. The molecule has 0 amide bonds. The third-order valence-electron chi connectivity index (χ3n) is 5.15. The summed E-state index contributed by atoms with van der Waals surface area (Å²) >= 11 is 0. The Kier molecular flexibility index (Phi) is 9.01. The highest BCUT2D eigenvalue weighted by Gasteiger charge is 2.24. The van der Waals surface area contributed by atoms with Crippen LogP contribution in [-0.4, -0.2) is 49.1 Å². The monoisotopic (exact) mass is 310 g/mol. The SMILES string of the molecule is CC(C)CC1CCN(C(C)C)C1.CC(C)CC1CCN(C)C1. The van der Waals surface area contributed by atoms with E-state index in [0.717, 1.165) is 29.7 Å². The predicted octanol–water partition coefficient (Wildman–Crippen LogP) is 4.75. The molecule has 2 rings (SSSR count). The van der Waals surface area contributed by atoms with Crippen molar-refractivity contribution in [3.63, 3.8) is 0 Å². The van der Waals surface area contributed by atoms with E-state index in [1.165, 1.54) is 51.9 Å². The molecule has 2 fully saturated rings. The molecule has 2 atom stereocenters. The Morgan fingerprint density at radius 1 is 0.773 bits per heavy atom. The van der Waals surface area contributed by atoms with Gasteiger partial charge in [-0.25, -0.2) is 0 Å². The third kappa shape index (κ3) is 7.97. The van der Waals surface area contributed by atoms with Crippen molar-refractivity contribution in [2.75, 3.05) is 33.2 Å². The van der Waals surface area contributed by atoms with E-state index in [4.69, 9.17) is 0 Å². The van der Waals surface area contributed by atoms with Gasteiger partial charge < -0.3 is 9.80 Å². The highest BCUT2D eigenvalue weighted by molar-refractivity contribution is 4.78. The van der Waals surface area contributed by atoms with Crippen LogP contribution < -0.4 is 0 Å². The van der Waals surface area contributed by atoms with Gasteiger partial charge in [0.15, 0.2) is 0 Å². The lowest BCUT2D eigenvalue weighted by molar-refractivity contribution is 0.259. The van der Waals surface area contributed by atoms with Crippen LogP contribution >= 0.6 is 0 Å². The van der Waals surface area contributed by atoms with Crippen LogP contribution in [0.2, 0.25) is 0 Å². The minimum absolute atomic E-state index is 0.752. The second-order valence-corrected chi connectivity index (χ2v) is 8.92. The summed E-state index contributed by atoms with van der Waals surface area (Å²) in [7, 11) is 2.22. The van der Waals surface area contributed by atoms with E-state index in [2.05, 4.69) is 58.4 Å². The maximum absolute atomic E-state index is 2.60. The first-order valence-electron chi connectivity index (χ1n) is 9.70. The van der Waals surface area contributed by atoms with E-state index in [0.29, 0.717) is 0 Å². The fraction of sp³-hybridized carbons (Fsp3) is 1.00. The Hall–Kier alpha value is -0.0800. The second-order valence-electron chi connectivity index (χ2n) is 8.92. The van der Waals surface area contributed by atoms with Gasteiger partial charge in [-0.1, -0.05) is 27.7 Å². The minimum Gasteiger partial charge on any atom is -0.306 e. The van der Waals surface area contributed by atoms with Crippen molar-refractivity contribution >= 4 is 0 Å². The van der Waals surface area contributed by atoms with Crippen LogP contribution in [0.3, 0.4) is 0 Å². The van der Waals surface area contributed by atoms with Gasteiger partial charge in [-0.2, -0.15) is 0 Å². The van der Waals surface area contributed by atoms with Crippen LogP contribution in [0.5, 0.6) is 0 Å². The van der Waals surface area contributed by atoms with Crippen molar-refractivity contribution in [3.05, 3.63) is 0 Å². The van der Waals surface area contributed by atoms with E-state index in [-0.39, 0.29) is 0 Å². The van der Waals surface area contributed by atoms with Gasteiger partial charge in [-0.05, 0) is 83.3 Å². The van der Waals surface area contributed by atoms with Crippen LogP contribution in [0.25, 0.3) is 0 Å². The molecule has 0 radical (unpaired) electrons. The van der Waals surface area contributed by atoms with Crippen molar-refractivity contribution in [2.24, 2.45) is 23.7 Å². The molecule has 0 aromatic carbocycles. The molecule has 2 unspecified atom stereocenters. The molecular formula is C20H42N2. The normalized spacial score (nSPS) is 27.0. The van der Waals surface area contributed by atoms with Crippen LogP contribution in [0.15, 0.2) is 0 Å². The van der Waals surface area contributed by atoms with Gasteiger partial charge in [0.05, 0.1) is 0 Å². The molecule has 22 heavy (non-hydrogen) atoms. The molecule has 0 saturated carbocycles. The van der Waals surface area contributed by atoms with Crippen molar-refractivity contribution in [1.82, 2.24) is 9.80 Å². The average molecular weight is 311 g/mol. The lowest BCUT2D eigenvalue weighted by Crippen LogP contribution is -2.28. The highest BCUT2D eigenvalue weighted by Crippen LogP contribution is 2.24. The lowest BCUT2D eigenvalue weighted by atomic mass is 9.97. The third-order valence-corrected chi connectivity index (χ3v) is 5.15. The first kappa shape index (κ1) is 20.0. The lowest BCUT2D eigenvalue weighted by Gasteiger charge is -2.20. The van der Waals surface area contributed by atoms with Gasteiger partial charge in [0, 0.05) is 19.1 Å². The zero-order valence-corrected chi connectivity index (χ0v) is 16.4. The Morgan fingerprint density at radius 2 is 1.27 bits per heavy atom. The molecule has 0 aromatic rings. The van der Waals surface area contributed by atoms with E-state index in [9.17, 15) is 0 Å². The topological polar surface area (TPSA) is 6.48 Å². The number of hydrogen-bond donors (Lipinski definition) is 0. The fourth-order valence-corrected chi connectivity index (χ4v) is 4.08. The molecule has 0 bridgehead atoms. The van der Waals surface area contributed by atoms with Crippen molar-refractivity contribution in [3.8, 4) is 0 Å². The predicted molar refractivity (Wildman–Crippen MR) is 99.3 cm³/mol. The summed E-state index contributed by atoms with van der Waals surface area (Å²) in [5, 5.41) is 0. The Bertz CT molecular complexity index is 285. The van der Waals surface area contributed by atoms with Gasteiger partial charge in [0.25, 0.3) is 0 Å². The molecule has 0 N–H and O–H groups in total. The first-order valence-corrected chi connectivity index (χ1v) is 9.70. The summed E-state index contributed by atoms with van der Waals surface area (Å²) in [5.41, 5.74) is 0. The van der Waals surface area contributed by atoms with Crippen LogP contribution in [0.1, 0.15) is 67.2 Å². The van der Waals surface area contributed by atoms with E-state index >= 15 is 0 Å². The summed E-state index contributed by atoms with van der Waals surface area (Å²) in [6, 6.07) is 0.752. The molecule has 132 valence electrons. The van der Waals surface area contributed by atoms with Crippen LogP contribution in [0, 0.1) is 23.7 Å². The van der Waals surface area contributed by atoms with E-state index in [1.54, 1.807) is 0 Å². The Labute approximate surface area is 140 Å². The van der Waals surface area contributed by atoms with Crippen molar-refractivity contribution in [1.29, 1.82) is 0 Å². The van der Waals surface area contributed by atoms with Crippen LogP contribution in [0.4, 0.5) is 0 Å². The largest absolute Gasteiger partial charge is 0.306 e. The first-order chi connectivity index (χ1) is 10.3. The maximum atomic E-state index is 2.60. The zero-order chi connectivity index (χ0) is 16.7. The minimum atomic E-state index is 0.752. The molecule has 0 spiro atoms. The van der Waals surface area contributed by atoms with E-state index in [1.807, 2.05) is 0 Å².